The van der Waals surface area contributed by atoms with E-state index in [1.807, 2.05) is 19.1 Å². The van der Waals surface area contributed by atoms with Crippen molar-refractivity contribution in [2.24, 2.45) is 0 Å². The zero-order chi connectivity index (χ0) is 15.1. The molecule has 0 amide bonds. The summed E-state index contributed by atoms with van der Waals surface area (Å²) in [6.07, 6.45) is 1.64. The zero-order valence-electron chi connectivity index (χ0n) is 12.0. The standard InChI is InChI=1S/C17H18FNO2/c1-2-19(13-16-6-4-10-21-16)12-15-8-7-14(5-3-9-20)11-17(15)18/h4,6-8,10-11,20H,2,9,12-13H2,1H3. The largest absolute Gasteiger partial charge is 0.468 e. The molecular formula is C17H18FNO2. The Morgan fingerprint density at radius 3 is 2.76 bits per heavy atom. The first-order valence-corrected chi connectivity index (χ1v) is 6.85. The molecule has 0 saturated carbocycles. The van der Waals surface area contributed by atoms with Gasteiger partial charge in [0.15, 0.2) is 0 Å². The second-order valence-electron chi connectivity index (χ2n) is 4.65. The maximum absolute atomic E-state index is 14.1. The molecule has 0 saturated heterocycles. The lowest BCUT2D eigenvalue weighted by molar-refractivity contribution is 0.244. The van der Waals surface area contributed by atoms with Crippen LogP contribution in [0.15, 0.2) is 41.0 Å². The number of rotatable bonds is 5. The second kappa shape index (κ2) is 7.63. The summed E-state index contributed by atoms with van der Waals surface area (Å²) < 4.78 is 19.4. The molecule has 21 heavy (non-hydrogen) atoms. The number of hydrogen-bond acceptors (Lipinski definition) is 3. The summed E-state index contributed by atoms with van der Waals surface area (Å²) in [6, 6.07) is 8.66. The van der Waals surface area contributed by atoms with Crippen LogP contribution in [0.2, 0.25) is 0 Å². The number of halogens is 1. The van der Waals surface area contributed by atoms with Gasteiger partial charge in [0.2, 0.25) is 0 Å². The molecule has 0 atom stereocenters. The molecule has 0 radical (unpaired) electrons. The van der Waals surface area contributed by atoms with Gasteiger partial charge in [0.1, 0.15) is 18.2 Å². The van der Waals surface area contributed by atoms with Crippen molar-refractivity contribution in [3.8, 4) is 11.8 Å². The molecule has 0 fully saturated rings. The third kappa shape index (κ3) is 4.45. The van der Waals surface area contributed by atoms with Crippen LogP contribution in [0.5, 0.6) is 0 Å². The number of benzene rings is 1. The van der Waals surface area contributed by atoms with E-state index in [2.05, 4.69) is 16.7 Å². The Kier molecular flexibility index (Phi) is 5.56. The predicted octanol–water partition coefficient (Wildman–Crippen LogP) is 2.78. The van der Waals surface area contributed by atoms with Crippen LogP contribution < -0.4 is 0 Å². The molecule has 0 aliphatic heterocycles. The average Bonchev–Trinajstić information content (AvgIpc) is 2.99. The summed E-state index contributed by atoms with van der Waals surface area (Å²) in [5, 5.41) is 8.64. The van der Waals surface area contributed by atoms with Gasteiger partial charge in [-0.15, -0.1) is 0 Å². The van der Waals surface area contributed by atoms with E-state index >= 15 is 0 Å². The highest BCUT2D eigenvalue weighted by atomic mass is 19.1. The van der Waals surface area contributed by atoms with Gasteiger partial charge in [-0.3, -0.25) is 4.90 Å². The van der Waals surface area contributed by atoms with Gasteiger partial charge in [-0.05, 0) is 30.8 Å². The van der Waals surface area contributed by atoms with Gasteiger partial charge in [0.25, 0.3) is 0 Å². The van der Waals surface area contributed by atoms with Gasteiger partial charge in [-0.25, -0.2) is 4.39 Å². The maximum atomic E-state index is 14.1. The van der Waals surface area contributed by atoms with Crippen LogP contribution in [0.25, 0.3) is 0 Å². The molecule has 1 N–H and O–H groups in total. The first-order valence-electron chi connectivity index (χ1n) is 6.85. The van der Waals surface area contributed by atoms with E-state index < -0.39 is 0 Å². The molecule has 2 aromatic rings. The fraction of sp³-hybridized carbons (Fsp3) is 0.294. The molecule has 3 nitrogen and oxygen atoms in total. The third-order valence-corrected chi connectivity index (χ3v) is 3.17. The molecule has 0 aliphatic rings. The van der Waals surface area contributed by atoms with Crippen LogP contribution in [0, 0.1) is 17.7 Å². The molecule has 1 aromatic heterocycles. The number of hydrogen-bond donors (Lipinski definition) is 1. The minimum atomic E-state index is -0.280. The maximum Gasteiger partial charge on any atom is 0.128 e. The van der Waals surface area contributed by atoms with Gasteiger partial charge in [0, 0.05) is 17.7 Å². The second-order valence-corrected chi connectivity index (χ2v) is 4.65. The Bertz CT molecular complexity index is 626. The van der Waals surface area contributed by atoms with Crippen LogP contribution in [0.1, 0.15) is 23.8 Å². The summed E-state index contributed by atoms with van der Waals surface area (Å²) >= 11 is 0. The highest BCUT2D eigenvalue weighted by Crippen LogP contribution is 2.14. The van der Waals surface area contributed by atoms with Gasteiger partial charge in [-0.1, -0.05) is 24.8 Å². The number of furan rings is 1. The number of nitrogens with zero attached hydrogens (tertiary/aromatic N) is 1. The molecule has 1 heterocycles. The molecule has 0 unspecified atom stereocenters. The molecule has 0 bridgehead atoms. The van der Waals surface area contributed by atoms with Crippen molar-refractivity contribution in [1.82, 2.24) is 4.90 Å². The lowest BCUT2D eigenvalue weighted by Crippen LogP contribution is -2.22. The molecule has 4 heteroatoms. The van der Waals surface area contributed by atoms with E-state index in [-0.39, 0.29) is 12.4 Å². The Morgan fingerprint density at radius 2 is 2.14 bits per heavy atom. The first kappa shape index (κ1) is 15.3. The van der Waals surface area contributed by atoms with E-state index in [9.17, 15) is 4.39 Å². The summed E-state index contributed by atoms with van der Waals surface area (Å²) in [5.41, 5.74) is 1.19. The molecule has 0 spiro atoms. The van der Waals surface area contributed by atoms with E-state index in [0.717, 1.165) is 12.3 Å². The smallest absolute Gasteiger partial charge is 0.128 e. The molecule has 0 aliphatic carbocycles. The van der Waals surface area contributed by atoms with Crippen LogP contribution in [0.4, 0.5) is 4.39 Å². The Morgan fingerprint density at radius 1 is 1.29 bits per heavy atom. The van der Waals surface area contributed by atoms with Crippen molar-refractivity contribution in [3.63, 3.8) is 0 Å². The molecule has 1 aromatic carbocycles. The van der Waals surface area contributed by atoms with Crippen LogP contribution in [-0.4, -0.2) is 23.2 Å². The Labute approximate surface area is 124 Å². The highest BCUT2D eigenvalue weighted by molar-refractivity contribution is 5.37. The van der Waals surface area contributed by atoms with Crippen molar-refractivity contribution in [2.75, 3.05) is 13.2 Å². The van der Waals surface area contributed by atoms with E-state index in [1.165, 1.54) is 6.07 Å². The van der Waals surface area contributed by atoms with Crippen LogP contribution >= 0.6 is 0 Å². The minimum Gasteiger partial charge on any atom is -0.468 e. The predicted molar refractivity (Wildman–Crippen MR) is 78.9 cm³/mol. The summed E-state index contributed by atoms with van der Waals surface area (Å²) in [6.45, 7) is 3.76. The fourth-order valence-corrected chi connectivity index (χ4v) is 2.04. The van der Waals surface area contributed by atoms with Gasteiger partial charge < -0.3 is 9.52 Å². The summed E-state index contributed by atoms with van der Waals surface area (Å²) in [7, 11) is 0. The minimum absolute atomic E-state index is 0.226. The third-order valence-electron chi connectivity index (χ3n) is 3.17. The average molecular weight is 287 g/mol. The molecule has 2 rings (SSSR count). The van der Waals surface area contributed by atoms with Crippen molar-refractivity contribution in [3.05, 3.63) is 59.3 Å². The van der Waals surface area contributed by atoms with Crippen molar-refractivity contribution < 1.29 is 13.9 Å². The fourth-order valence-electron chi connectivity index (χ4n) is 2.04. The van der Waals surface area contributed by atoms with Crippen molar-refractivity contribution in [2.45, 2.75) is 20.0 Å². The topological polar surface area (TPSA) is 36.6 Å². The van der Waals surface area contributed by atoms with Gasteiger partial charge in [0.05, 0.1) is 12.8 Å². The van der Waals surface area contributed by atoms with Crippen molar-refractivity contribution >= 4 is 0 Å². The quantitative estimate of drug-likeness (QED) is 0.859. The highest BCUT2D eigenvalue weighted by Gasteiger charge is 2.10. The van der Waals surface area contributed by atoms with Gasteiger partial charge >= 0.3 is 0 Å². The summed E-state index contributed by atoms with van der Waals surface area (Å²) in [5.74, 6) is 5.79. The van der Waals surface area contributed by atoms with E-state index in [0.29, 0.717) is 24.2 Å². The lowest BCUT2D eigenvalue weighted by atomic mass is 10.1. The summed E-state index contributed by atoms with van der Waals surface area (Å²) in [4.78, 5) is 2.09. The SMILES string of the molecule is CCN(Cc1ccco1)Cc1ccc(C#CCO)cc1F. The Hall–Kier alpha value is -2.09. The number of aliphatic hydroxyl groups is 1. The van der Waals surface area contributed by atoms with Gasteiger partial charge in [-0.2, -0.15) is 0 Å². The van der Waals surface area contributed by atoms with E-state index in [1.54, 1.807) is 18.4 Å². The van der Waals surface area contributed by atoms with Crippen molar-refractivity contribution in [1.29, 1.82) is 0 Å². The first-order chi connectivity index (χ1) is 10.2. The van der Waals surface area contributed by atoms with Crippen LogP contribution in [0.3, 0.4) is 0 Å². The zero-order valence-corrected chi connectivity index (χ0v) is 12.0. The van der Waals surface area contributed by atoms with E-state index in [4.69, 9.17) is 9.52 Å². The monoisotopic (exact) mass is 287 g/mol. The normalized spacial score (nSPS) is 10.5. The Balaban J connectivity index is 2.07. The number of aliphatic hydroxyl groups excluding tert-OH is 1. The molecule has 110 valence electrons. The lowest BCUT2D eigenvalue weighted by Gasteiger charge is -2.19. The molecular weight excluding hydrogens is 269 g/mol. The van der Waals surface area contributed by atoms with Crippen LogP contribution in [-0.2, 0) is 13.1 Å².